The van der Waals surface area contributed by atoms with Gasteiger partial charge in [0.15, 0.2) is 0 Å². The summed E-state index contributed by atoms with van der Waals surface area (Å²) in [6.45, 7) is 3.43. The van der Waals surface area contributed by atoms with Crippen LogP contribution in [0.4, 0.5) is 5.69 Å². The number of ether oxygens (including phenoxy) is 1. The molecule has 0 radical (unpaired) electrons. The molecular weight excluding hydrogens is 348 g/mol. The van der Waals surface area contributed by atoms with Gasteiger partial charge in [-0.2, -0.15) is 0 Å². The second kappa shape index (κ2) is 8.68. The van der Waals surface area contributed by atoms with Crippen LogP contribution in [0.5, 0.6) is 5.75 Å². The first kappa shape index (κ1) is 18.9. The van der Waals surface area contributed by atoms with E-state index in [1.165, 1.54) is 30.4 Å². The van der Waals surface area contributed by atoms with Gasteiger partial charge in [-0.05, 0) is 37.5 Å². The maximum Gasteiger partial charge on any atom is 0.222 e. The minimum Gasteiger partial charge on any atom is -0.489 e. The van der Waals surface area contributed by atoms with E-state index < -0.39 is 0 Å². The van der Waals surface area contributed by atoms with Crippen LogP contribution in [-0.4, -0.2) is 24.6 Å². The summed E-state index contributed by atoms with van der Waals surface area (Å²) in [6.07, 6.45) is 6.45. The van der Waals surface area contributed by atoms with Gasteiger partial charge >= 0.3 is 0 Å². The van der Waals surface area contributed by atoms with E-state index in [0.717, 1.165) is 30.8 Å². The third-order valence-corrected chi connectivity index (χ3v) is 5.91. The normalized spacial score (nSPS) is 19.6. The largest absolute Gasteiger partial charge is 0.489 e. The van der Waals surface area contributed by atoms with Crippen molar-refractivity contribution in [2.45, 2.75) is 64.1 Å². The Kier molecular flexibility index (Phi) is 5.84. The van der Waals surface area contributed by atoms with Gasteiger partial charge in [0.05, 0.1) is 18.2 Å². The van der Waals surface area contributed by atoms with Gasteiger partial charge < -0.3 is 15.0 Å². The molecule has 4 nitrogen and oxygen atoms in total. The van der Waals surface area contributed by atoms with Crippen molar-refractivity contribution in [1.29, 1.82) is 0 Å². The molecule has 1 atom stereocenters. The molecule has 148 valence electrons. The summed E-state index contributed by atoms with van der Waals surface area (Å²) < 4.78 is 5.99. The van der Waals surface area contributed by atoms with E-state index >= 15 is 0 Å². The van der Waals surface area contributed by atoms with E-state index in [0.29, 0.717) is 19.1 Å². The highest BCUT2D eigenvalue weighted by atomic mass is 16.5. The Morgan fingerprint density at radius 1 is 1.07 bits per heavy atom. The van der Waals surface area contributed by atoms with Crippen molar-refractivity contribution in [2.75, 3.05) is 11.5 Å². The molecule has 2 aromatic carbocycles. The number of nitrogens with one attached hydrogen (secondary N) is 1. The lowest BCUT2D eigenvalue weighted by Gasteiger charge is -2.38. The molecule has 4 rings (SSSR count). The minimum absolute atomic E-state index is 0.0415. The summed E-state index contributed by atoms with van der Waals surface area (Å²) >= 11 is 0. The van der Waals surface area contributed by atoms with Gasteiger partial charge in [0.2, 0.25) is 5.91 Å². The molecule has 0 bridgehead atoms. The predicted molar refractivity (Wildman–Crippen MR) is 113 cm³/mol. The first-order valence-electron chi connectivity index (χ1n) is 10.5. The molecule has 1 heterocycles. The summed E-state index contributed by atoms with van der Waals surface area (Å²) in [5.74, 6) is 1.05. The van der Waals surface area contributed by atoms with Crippen molar-refractivity contribution < 1.29 is 9.53 Å². The number of hydrogen-bond acceptors (Lipinski definition) is 3. The van der Waals surface area contributed by atoms with Crippen LogP contribution in [0.15, 0.2) is 48.5 Å². The standard InChI is InChI=1S/C24H30N2O2/c1-18-11-13-19(14-12-18)16-26-21(17-28-23-10-6-5-9-22(23)26)15-24(27)25-20-7-3-2-4-8-20/h5-6,9-14,20-21H,2-4,7-8,15-17H2,1H3,(H,25,27)/t21-/m1/s1. The van der Waals surface area contributed by atoms with E-state index in [-0.39, 0.29) is 11.9 Å². The first-order chi connectivity index (χ1) is 13.7. The van der Waals surface area contributed by atoms with E-state index in [2.05, 4.69) is 47.5 Å². The maximum atomic E-state index is 12.7. The van der Waals surface area contributed by atoms with Gasteiger partial charge in [0.1, 0.15) is 12.4 Å². The number of para-hydroxylation sites is 2. The third-order valence-electron chi connectivity index (χ3n) is 5.91. The van der Waals surface area contributed by atoms with E-state index in [1.54, 1.807) is 0 Å². The maximum absolute atomic E-state index is 12.7. The zero-order chi connectivity index (χ0) is 19.3. The molecule has 1 amide bonds. The van der Waals surface area contributed by atoms with Crippen LogP contribution in [0.2, 0.25) is 0 Å². The zero-order valence-electron chi connectivity index (χ0n) is 16.7. The number of nitrogens with zero attached hydrogens (tertiary/aromatic N) is 1. The fraction of sp³-hybridized carbons (Fsp3) is 0.458. The molecule has 2 aliphatic rings. The zero-order valence-corrected chi connectivity index (χ0v) is 16.7. The monoisotopic (exact) mass is 378 g/mol. The summed E-state index contributed by atoms with van der Waals surface area (Å²) in [5, 5.41) is 3.26. The Morgan fingerprint density at radius 2 is 1.82 bits per heavy atom. The summed E-state index contributed by atoms with van der Waals surface area (Å²) in [7, 11) is 0. The highest BCUT2D eigenvalue weighted by Gasteiger charge is 2.30. The van der Waals surface area contributed by atoms with Gasteiger partial charge in [0, 0.05) is 12.6 Å². The second-order valence-corrected chi connectivity index (χ2v) is 8.15. The fourth-order valence-corrected chi connectivity index (χ4v) is 4.31. The smallest absolute Gasteiger partial charge is 0.222 e. The number of benzene rings is 2. The highest BCUT2D eigenvalue weighted by molar-refractivity contribution is 5.78. The quantitative estimate of drug-likeness (QED) is 0.827. The average Bonchev–Trinajstić information content (AvgIpc) is 2.72. The Hall–Kier alpha value is -2.49. The summed E-state index contributed by atoms with van der Waals surface area (Å²) in [4.78, 5) is 15.1. The lowest BCUT2D eigenvalue weighted by molar-refractivity contribution is -0.122. The van der Waals surface area contributed by atoms with Crippen molar-refractivity contribution in [3.8, 4) is 5.75 Å². The number of amides is 1. The molecule has 0 spiro atoms. The summed E-state index contributed by atoms with van der Waals surface area (Å²) in [6, 6.07) is 17.2. The molecule has 2 aromatic rings. The Balaban J connectivity index is 1.49. The van der Waals surface area contributed by atoms with Gasteiger partial charge in [-0.15, -0.1) is 0 Å². The number of aryl methyl sites for hydroxylation is 1. The highest BCUT2D eigenvalue weighted by Crippen LogP contribution is 2.35. The van der Waals surface area contributed by atoms with Crippen LogP contribution < -0.4 is 15.0 Å². The fourth-order valence-electron chi connectivity index (χ4n) is 4.31. The Bertz CT molecular complexity index is 797. The van der Waals surface area contributed by atoms with Gasteiger partial charge in [-0.1, -0.05) is 61.2 Å². The van der Waals surface area contributed by atoms with E-state index in [4.69, 9.17) is 4.74 Å². The molecule has 1 aliphatic carbocycles. The number of rotatable bonds is 5. The lowest BCUT2D eigenvalue weighted by atomic mass is 9.95. The Labute approximate surface area is 167 Å². The van der Waals surface area contributed by atoms with Gasteiger partial charge in [-0.3, -0.25) is 4.79 Å². The van der Waals surface area contributed by atoms with Crippen molar-refractivity contribution in [3.63, 3.8) is 0 Å². The van der Waals surface area contributed by atoms with Crippen LogP contribution in [0.3, 0.4) is 0 Å². The predicted octanol–water partition coefficient (Wildman–Crippen LogP) is 4.60. The molecule has 1 N–H and O–H groups in total. The molecule has 0 saturated heterocycles. The minimum atomic E-state index is 0.0415. The van der Waals surface area contributed by atoms with Crippen molar-refractivity contribution in [2.24, 2.45) is 0 Å². The number of carbonyl (C=O) groups is 1. The summed E-state index contributed by atoms with van der Waals surface area (Å²) in [5.41, 5.74) is 3.58. The second-order valence-electron chi connectivity index (χ2n) is 8.15. The molecule has 4 heteroatoms. The van der Waals surface area contributed by atoms with E-state index in [9.17, 15) is 4.79 Å². The molecule has 28 heavy (non-hydrogen) atoms. The molecule has 1 saturated carbocycles. The van der Waals surface area contributed by atoms with Crippen LogP contribution in [0.25, 0.3) is 0 Å². The molecule has 1 aliphatic heterocycles. The number of fused-ring (bicyclic) bond motifs is 1. The number of hydrogen-bond donors (Lipinski definition) is 1. The van der Waals surface area contributed by atoms with Crippen molar-refractivity contribution >= 4 is 11.6 Å². The van der Waals surface area contributed by atoms with Gasteiger partial charge in [0.25, 0.3) is 0 Å². The molecule has 0 unspecified atom stereocenters. The van der Waals surface area contributed by atoms with Gasteiger partial charge in [-0.25, -0.2) is 0 Å². The number of anilines is 1. The van der Waals surface area contributed by atoms with E-state index in [1.807, 2.05) is 18.2 Å². The van der Waals surface area contributed by atoms with Crippen LogP contribution in [0.1, 0.15) is 49.7 Å². The van der Waals surface area contributed by atoms with Crippen LogP contribution in [0, 0.1) is 6.92 Å². The lowest BCUT2D eigenvalue weighted by Crippen LogP contribution is -2.47. The third kappa shape index (κ3) is 4.49. The van der Waals surface area contributed by atoms with Crippen molar-refractivity contribution in [1.82, 2.24) is 5.32 Å². The number of carbonyl (C=O) groups excluding carboxylic acids is 1. The topological polar surface area (TPSA) is 41.6 Å². The molecule has 1 fully saturated rings. The van der Waals surface area contributed by atoms with Crippen LogP contribution >= 0.6 is 0 Å². The molecular formula is C24H30N2O2. The van der Waals surface area contributed by atoms with Crippen molar-refractivity contribution in [3.05, 3.63) is 59.7 Å². The molecule has 0 aromatic heterocycles. The SMILES string of the molecule is Cc1ccc(CN2c3ccccc3OC[C@H]2CC(=O)NC2CCCCC2)cc1. The Morgan fingerprint density at radius 3 is 2.61 bits per heavy atom. The van der Waals surface area contributed by atoms with Crippen LogP contribution in [-0.2, 0) is 11.3 Å². The first-order valence-corrected chi connectivity index (χ1v) is 10.5. The average molecular weight is 379 g/mol.